The molecule has 0 aliphatic carbocycles. The van der Waals surface area contributed by atoms with Gasteiger partial charge < -0.3 is 30.3 Å². The fourth-order valence-corrected chi connectivity index (χ4v) is 17.0. The molecular weight excluding hydrogens is 665 g/mol. The predicted octanol–water partition coefficient (Wildman–Crippen LogP) is 13.2. The van der Waals surface area contributed by atoms with Crippen molar-refractivity contribution in [2.24, 2.45) is 0 Å². The Hall–Kier alpha value is -1.05. The van der Waals surface area contributed by atoms with Crippen LogP contribution in [0, 0.1) is 13.8 Å². The smallest absolute Gasteiger partial charge is 0 e. The van der Waals surface area contributed by atoms with Gasteiger partial charge in [-0.15, -0.1) is 13.5 Å². The molecule has 0 atom stereocenters. The Morgan fingerprint density at radius 1 is 0.532 bits per heavy atom. The van der Waals surface area contributed by atoms with Crippen LogP contribution in [0.5, 0.6) is 0 Å². The van der Waals surface area contributed by atoms with Crippen LogP contribution in [0.3, 0.4) is 0 Å². The van der Waals surface area contributed by atoms with Gasteiger partial charge in [0, 0.05) is 17.1 Å². The van der Waals surface area contributed by atoms with E-state index >= 15 is 0 Å². The quantitative estimate of drug-likeness (QED) is 0.0963. The Kier molecular flexibility index (Phi) is 15.5. The van der Waals surface area contributed by atoms with Gasteiger partial charge in [-0.05, 0) is 68.5 Å². The molecule has 0 aromatic heterocycles. The molecule has 0 radical (unpaired) electrons. The van der Waals surface area contributed by atoms with E-state index in [1.54, 1.807) is 16.7 Å². The summed E-state index contributed by atoms with van der Waals surface area (Å²) in [7, 11) is -0.953. The van der Waals surface area contributed by atoms with Gasteiger partial charge in [0.1, 0.15) is 0 Å². The normalized spacial score (nSPS) is 12.7. The Balaban J connectivity index is 0.00000117. The Morgan fingerprint density at radius 2 is 0.894 bits per heavy atom. The summed E-state index contributed by atoms with van der Waals surface area (Å²) in [5.41, 5.74) is 7.78. The molecule has 0 N–H and O–H groups in total. The van der Waals surface area contributed by atoms with E-state index in [1.165, 1.54) is 34.1 Å². The van der Waals surface area contributed by atoms with Crippen LogP contribution < -0.4 is 10.6 Å². The molecule has 0 spiro atoms. The molecule has 47 heavy (non-hydrogen) atoms. The van der Waals surface area contributed by atoms with Crippen LogP contribution in [0.25, 0.3) is 0 Å². The molecule has 0 aliphatic rings. The molecule has 4 aromatic rings. The van der Waals surface area contributed by atoms with Gasteiger partial charge in [-0.25, -0.2) is 6.07 Å². The van der Waals surface area contributed by atoms with Gasteiger partial charge >= 0.3 is 0 Å². The van der Waals surface area contributed by atoms with E-state index in [0.29, 0.717) is 20.6 Å². The first-order valence-electron chi connectivity index (χ1n) is 17.1. The molecule has 264 valence electrons. The topological polar surface area (TPSA) is 0 Å². The molecule has 0 fully saturated rings. The van der Waals surface area contributed by atoms with Gasteiger partial charge in [-0.3, -0.25) is 0 Å². The molecule has 0 saturated carbocycles. The SMILES string of the molecule is Cc1ccccc1P(C[c-]1ccc(CP(C(C)(C)C)C(C)(C)C)c1CP(C(C)(C)C)C(C)(C)C)c1ccccc1C.[Fe].[cH-]1[cH-][cH-][cH-][cH-]1. The van der Waals surface area contributed by atoms with Crippen LogP contribution in [0.1, 0.15) is 111 Å². The van der Waals surface area contributed by atoms with Crippen molar-refractivity contribution >= 4 is 34.4 Å². The van der Waals surface area contributed by atoms with Gasteiger partial charge in [0.2, 0.25) is 0 Å². The second-order valence-electron chi connectivity index (χ2n) is 16.8. The zero-order valence-corrected chi connectivity index (χ0v) is 35.8. The summed E-state index contributed by atoms with van der Waals surface area (Å²) < 4.78 is 0. The maximum absolute atomic E-state index is 2.54. The second kappa shape index (κ2) is 17.2. The van der Waals surface area contributed by atoms with Gasteiger partial charge in [-0.2, -0.15) is 17.2 Å². The summed E-state index contributed by atoms with van der Waals surface area (Å²) in [6, 6.07) is 33.3. The van der Waals surface area contributed by atoms with Crippen molar-refractivity contribution in [3.05, 3.63) is 119 Å². The molecule has 0 amide bonds. The number of hydrogen-bond acceptors (Lipinski definition) is 0. The monoisotopic (exact) mass is 728 g/mol. The molecular formula is C43H63FeP3-6. The van der Waals surface area contributed by atoms with E-state index in [0.717, 1.165) is 6.16 Å². The van der Waals surface area contributed by atoms with E-state index in [4.69, 9.17) is 0 Å². The summed E-state index contributed by atoms with van der Waals surface area (Å²) in [5.74, 6) is 0. The summed E-state index contributed by atoms with van der Waals surface area (Å²) in [6.45, 7) is 34.3. The van der Waals surface area contributed by atoms with Gasteiger partial charge in [0.05, 0.1) is 0 Å². The molecule has 4 rings (SSSR count). The minimum absolute atomic E-state index is 0. The number of hydrogen-bond donors (Lipinski definition) is 0. The largest absolute Gasteiger partial charge is 0.748 e. The molecule has 0 heterocycles. The third-order valence-corrected chi connectivity index (χ3v) is 19.4. The third kappa shape index (κ3) is 12.1. The molecule has 0 saturated heterocycles. The number of aryl methyl sites for hydroxylation is 2. The van der Waals surface area contributed by atoms with Crippen molar-refractivity contribution in [2.75, 3.05) is 0 Å². The van der Waals surface area contributed by atoms with Crippen molar-refractivity contribution in [1.29, 1.82) is 0 Å². The third-order valence-electron chi connectivity index (χ3n) is 8.84. The minimum atomic E-state index is -0.506. The molecule has 4 heteroatoms. The van der Waals surface area contributed by atoms with Crippen molar-refractivity contribution in [3.63, 3.8) is 0 Å². The second-order valence-corrected chi connectivity index (χ2v) is 26.7. The first kappa shape index (κ1) is 42.1. The molecule has 0 bridgehead atoms. The van der Waals surface area contributed by atoms with Crippen molar-refractivity contribution < 1.29 is 17.1 Å². The van der Waals surface area contributed by atoms with E-state index in [-0.39, 0.29) is 32.9 Å². The van der Waals surface area contributed by atoms with Crippen molar-refractivity contribution in [1.82, 2.24) is 0 Å². The molecule has 0 unspecified atom stereocenters. The molecule has 0 aliphatic heterocycles. The summed E-state index contributed by atoms with van der Waals surface area (Å²) >= 11 is 0. The standard InChI is InChI=1S/C38H58P3.C5H5.Fe/c1-28-19-15-17-21-33(28)39(34-22-18-16-20-29(34)2)25-30-23-24-31(26-40(35(3,4)5)36(6,7)8)32(30)27-41(37(9,10)11)38(12,13)14;1-2-4-5-3-1;/h15-24H,25-27H2,1-14H3;1-5H;/q-1;-5;. The summed E-state index contributed by atoms with van der Waals surface area (Å²) in [6.07, 6.45) is 3.57. The van der Waals surface area contributed by atoms with Gasteiger partial charge in [-0.1, -0.05) is 154 Å². The zero-order valence-electron chi connectivity index (χ0n) is 32.0. The van der Waals surface area contributed by atoms with Crippen LogP contribution in [-0.2, 0) is 35.6 Å². The summed E-state index contributed by atoms with van der Waals surface area (Å²) in [4.78, 5) is 0. The maximum Gasteiger partial charge on any atom is 0 e. The van der Waals surface area contributed by atoms with Gasteiger partial charge in [0.25, 0.3) is 0 Å². The Morgan fingerprint density at radius 3 is 1.26 bits per heavy atom. The average molecular weight is 729 g/mol. The fourth-order valence-electron chi connectivity index (χ4n) is 6.92. The van der Waals surface area contributed by atoms with E-state index in [9.17, 15) is 0 Å². The van der Waals surface area contributed by atoms with Crippen LogP contribution >= 0.6 is 23.8 Å². The van der Waals surface area contributed by atoms with E-state index < -0.39 is 7.92 Å². The van der Waals surface area contributed by atoms with E-state index in [2.05, 4.69) is 158 Å². The van der Waals surface area contributed by atoms with Crippen LogP contribution in [0.2, 0.25) is 0 Å². The minimum Gasteiger partial charge on any atom is -0.748 e. The van der Waals surface area contributed by atoms with Crippen LogP contribution in [-0.4, -0.2) is 20.6 Å². The van der Waals surface area contributed by atoms with Crippen LogP contribution in [0.15, 0.2) is 91.0 Å². The number of rotatable bonds is 8. The van der Waals surface area contributed by atoms with Crippen molar-refractivity contribution in [2.45, 2.75) is 136 Å². The Labute approximate surface area is 304 Å². The summed E-state index contributed by atoms with van der Waals surface area (Å²) in [5, 5.41) is 4.30. The first-order valence-corrected chi connectivity index (χ1v) is 21.7. The van der Waals surface area contributed by atoms with Crippen molar-refractivity contribution in [3.8, 4) is 0 Å². The molecule has 0 nitrogen and oxygen atoms in total. The number of benzene rings is 2. The molecule has 4 aromatic carbocycles. The predicted molar refractivity (Wildman–Crippen MR) is 217 cm³/mol. The zero-order chi connectivity index (χ0) is 34.5. The van der Waals surface area contributed by atoms with Gasteiger partial charge in [0.15, 0.2) is 0 Å². The first-order chi connectivity index (χ1) is 21.2. The maximum atomic E-state index is 2.54. The fraction of sp³-hybridized carbons (Fsp3) is 0.488. The average Bonchev–Trinajstić information content (AvgIpc) is 3.61. The Bertz CT molecular complexity index is 1390. The van der Waals surface area contributed by atoms with Crippen LogP contribution in [0.4, 0.5) is 0 Å². The van der Waals surface area contributed by atoms with E-state index in [1.807, 2.05) is 30.3 Å².